The van der Waals surface area contributed by atoms with Gasteiger partial charge in [0.15, 0.2) is 5.82 Å². The van der Waals surface area contributed by atoms with Crippen LogP contribution in [0.25, 0.3) is 99.7 Å². The highest BCUT2D eigenvalue weighted by Crippen LogP contribution is 2.45. The van der Waals surface area contributed by atoms with E-state index in [1.807, 2.05) is 12.1 Å². The van der Waals surface area contributed by atoms with Crippen molar-refractivity contribution in [3.05, 3.63) is 182 Å². The predicted molar refractivity (Wildman–Crippen MR) is 216 cm³/mol. The van der Waals surface area contributed by atoms with Crippen LogP contribution in [-0.4, -0.2) is 19.1 Å². The second-order valence-corrected chi connectivity index (χ2v) is 13.4. The molecule has 0 radical (unpaired) electrons. The number of rotatable bonds is 5. The molecule has 0 unspecified atom stereocenters. The Morgan fingerprint density at radius 1 is 0.327 bits per heavy atom. The van der Waals surface area contributed by atoms with Crippen LogP contribution in [0.2, 0.25) is 0 Å². The van der Waals surface area contributed by atoms with Crippen molar-refractivity contribution in [2.75, 3.05) is 0 Å². The lowest BCUT2D eigenvalue weighted by Gasteiger charge is -2.13. The zero-order valence-corrected chi connectivity index (χ0v) is 28.1. The first kappa shape index (κ1) is 28.8. The van der Waals surface area contributed by atoms with Gasteiger partial charge in [-0.15, -0.1) is 0 Å². The Labute approximate surface area is 299 Å². The van der Waals surface area contributed by atoms with E-state index in [9.17, 15) is 0 Å². The first-order valence-electron chi connectivity index (χ1n) is 17.7. The topological polar surface area (TPSA) is 35.6 Å². The van der Waals surface area contributed by atoms with Gasteiger partial charge < -0.3 is 9.13 Å². The normalized spacial score (nSPS) is 11.8. The molecule has 0 amide bonds. The molecular weight excluding hydrogens is 633 g/mol. The van der Waals surface area contributed by atoms with Gasteiger partial charge in [0.2, 0.25) is 0 Å². The summed E-state index contributed by atoms with van der Waals surface area (Å²) in [5.41, 5.74) is 11.8. The third-order valence-corrected chi connectivity index (χ3v) is 10.5. The first-order chi connectivity index (χ1) is 25.8. The van der Waals surface area contributed by atoms with E-state index in [0.717, 1.165) is 39.5 Å². The Kier molecular flexibility index (Phi) is 6.22. The van der Waals surface area contributed by atoms with E-state index in [1.54, 1.807) is 0 Å². The lowest BCUT2D eigenvalue weighted by atomic mass is 9.98. The molecule has 4 nitrogen and oxygen atoms in total. The summed E-state index contributed by atoms with van der Waals surface area (Å²) in [6, 6.07) is 64.7. The Morgan fingerprint density at radius 3 is 1.65 bits per heavy atom. The standard InChI is InChI=1S/C48H30N4/c1-4-14-31(15-5-1)39-29-40(32-16-6-2-7-17-32)50-48(49-39)34-19-12-22-36(28-34)52-42-25-13-18-33-26-27-38-46-37-23-10-11-24-41(37)51(35-20-8-3-9-21-35)43(46)30-44(52)47(38)45(33)42/h1-30H. The molecule has 4 heteroatoms. The molecule has 0 spiro atoms. The van der Waals surface area contributed by atoms with Crippen LogP contribution in [0.1, 0.15) is 0 Å². The van der Waals surface area contributed by atoms with E-state index in [4.69, 9.17) is 9.97 Å². The molecule has 0 saturated carbocycles. The van der Waals surface area contributed by atoms with E-state index < -0.39 is 0 Å². The maximum absolute atomic E-state index is 5.16. The molecule has 8 aromatic carbocycles. The van der Waals surface area contributed by atoms with E-state index >= 15 is 0 Å². The smallest absolute Gasteiger partial charge is 0.160 e. The van der Waals surface area contributed by atoms with Crippen molar-refractivity contribution in [3.8, 4) is 45.3 Å². The number of aromatic nitrogens is 4. The summed E-state index contributed by atoms with van der Waals surface area (Å²) in [5, 5.41) is 7.62. The minimum Gasteiger partial charge on any atom is -0.309 e. The van der Waals surface area contributed by atoms with E-state index in [-0.39, 0.29) is 0 Å². The Balaban J connectivity index is 1.20. The van der Waals surface area contributed by atoms with Crippen LogP contribution in [0.4, 0.5) is 0 Å². The van der Waals surface area contributed by atoms with Gasteiger partial charge in [-0.25, -0.2) is 9.97 Å². The molecule has 3 aromatic heterocycles. The lowest BCUT2D eigenvalue weighted by Crippen LogP contribution is -1.98. The van der Waals surface area contributed by atoms with Gasteiger partial charge in [-0.1, -0.05) is 133 Å². The highest BCUT2D eigenvalue weighted by Gasteiger charge is 2.23. The molecule has 3 heterocycles. The molecule has 0 aliphatic heterocycles. The lowest BCUT2D eigenvalue weighted by molar-refractivity contribution is 1.15. The number of para-hydroxylation sites is 2. The molecule has 0 aliphatic carbocycles. The first-order valence-corrected chi connectivity index (χ1v) is 17.7. The molecule has 0 saturated heterocycles. The summed E-state index contributed by atoms with van der Waals surface area (Å²) in [6.45, 7) is 0. The van der Waals surface area contributed by atoms with Crippen molar-refractivity contribution >= 4 is 54.4 Å². The number of fused-ring (bicyclic) bond motifs is 4. The van der Waals surface area contributed by atoms with Crippen LogP contribution in [-0.2, 0) is 0 Å². The summed E-state index contributed by atoms with van der Waals surface area (Å²) < 4.78 is 4.84. The third kappa shape index (κ3) is 4.28. The molecule has 11 rings (SSSR count). The Bertz CT molecular complexity index is 3040. The largest absolute Gasteiger partial charge is 0.309 e. The van der Waals surface area contributed by atoms with E-state index in [0.29, 0.717) is 5.82 Å². The van der Waals surface area contributed by atoms with Crippen molar-refractivity contribution in [2.45, 2.75) is 0 Å². The molecule has 0 bridgehead atoms. The van der Waals surface area contributed by atoms with Gasteiger partial charge in [0.1, 0.15) is 0 Å². The van der Waals surface area contributed by atoms with Crippen molar-refractivity contribution in [2.24, 2.45) is 0 Å². The number of benzene rings is 8. The molecule has 0 fully saturated rings. The highest BCUT2D eigenvalue weighted by molar-refractivity contribution is 6.33. The average Bonchev–Trinajstić information content (AvgIpc) is 3.74. The second kappa shape index (κ2) is 11.2. The Morgan fingerprint density at radius 2 is 0.904 bits per heavy atom. The van der Waals surface area contributed by atoms with Gasteiger partial charge in [-0.3, -0.25) is 0 Å². The zero-order chi connectivity index (χ0) is 34.2. The third-order valence-electron chi connectivity index (χ3n) is 10.5. The fourth-order valence-electron chi connectivity index (χ4n) is 8.22. The van der Waals surface area contributed by atoms with Crippen molar-refractivity contribution in [3.63, 3.8) is 0 Å². The van der Waals surface area contributed by atoms with Crippen LogP contribution in [0.3, 0.4) is 0 Å². The predicted octanol–water partition coefficient (Wildman–Crippen LogP) is 12.3. The fourth-order valence-corrected chi connectivity index (χ4v) is 8.22. The van der Waals surface area contributed by atoms with E-state index in [2.05, 4.69) is 179 Å². The summed E-state index contributed by atoms with van der Waals surface area (Å²) in [4.78, 5) is 10.3. The van der Waals surface area contributed by atoms with Gasteiger partial charge in [-0.2, -0.15) is 0 Å². The van der Waals surface area contributed by atoms with Gasteiger partial charge in [-0.05, 0) is 59.3 Å². The molecule has 0 aliphatic rings. The van der Waals surface area contributed by atoms with Crippen molar-refractivity contribution in [1.29, 1.82) is 0 Å². The molecule has 0 atom stereocenters. The van der Waals surface area contributed by atoms with Crippen LogP contribution in [0, 0.1) is 0 Å². The molecule has 0 N–H and O–H groups in total. The number of nitrogens with zero attached hydrogens (tertiary/aromatic N) is 4. The molecular formula is C48H30N4. The average molecular weight is 663 g/mol. The SMILES string of the molecule is c1ccc(-c2cc(-c3ccccc3)nc(-c3cccc(-n4c5cccc6ccc7c8c9ccccc9n(-c9ccccc9)c8cc4c7c65)c3)n2)cc1. The van der Waals surface area contributed by atoms with Crippen LogP contribution >= 0.6 is 0 Å². The number of hydrogen-bond acceptors (Lipinski definition) is 2. The van der Waals surface area contributed by atoms with Gasteiger partial charge in [0, 0.05) is 49.6 Å². The second-order valence-electron chi connectivity index (χ2n) is 13.4. The minimum atomic E-state index is 0.696. The van der Waals surface area contributed by atoms with Gasteiger partial charge in [0.25, 0.3) is 0 Å². The summed E-state index contributed by atoms with van der Waals surface area (Å²) in [5.74, 6) is 0.696. The summed E-state index contributed by atoms with van der Waals surface area (Å²) in [6.07, 6.45) is 0. The summed E-state index contributed by atoms with van der Waals surface area (Å²) >= 11 is 0. The molecule has 52 heavy (non-hydrogen) atoms. The quantitative estimate of drug-likeness (QED) is 0.172. The maximum Gasteiger partial charge on any atom is 0.160 e. The van der Waals surface area contributed by atoms with Gasteiger partial charge in [0.05, 0.1) is 33.5 Å². The van der Waals surface area contributed by atoms with E-state index in [1.165, 1.54) is 54.4 Å². The zero-order valence-electron chi connectivity index (χ0n) is 28.1. The van der Waals surface area contributed by atoms with Crippen LogP contribution in [0.15, 0.2) is 182 Å². The molecule has 242 valence electrons. The summed E-state index contributed by atoms with van der Waals surface area (Å²) in [7, 11) is 0. The van der Waals surface area contributed by atoms with Crippen molar-refractivity contribution in [1.82, 2.24) is 19.1 Å². The van der Waals surface area contributed by atoms with Crippen LogP contribution in [0.5, 0.6) is 0 Å². The van der Waals surface area contributed by atoms with Gasteiger partial charge >= 0.3 is 0 Å². The van der Waals surface area contributed by atoms with Crippen LogP contribution < -0.4 is 0 Å². The minimum absolute atomic E-state index is 0.696. The molecule has 11 aromatic rings. The monoisotopic (exact) mass is 662 g/mol. The van der Waals surface area contributed by atoms with Crippen molar-refractivity contribution < 1.29 is 0 Å². The number of hydrogen-bond donors (Lipinski definition) is 0. The Hall–Kier alpha value is -7.04. The highest BCUT2D eigenvalue weighted by atomic mass is 15.0. The maximum atomic E-state index is 5.16. The fraction of sp³-hybridized carbons (Fsp3) is 0.